The second kappa shape index (κ2) is 7.51. The van der Waals surface area contributed by atoms with Crippen LogP contribution in [0.25, 0.3) is 0 Å². The van der Waals surface area contributed by atoms with E-state index in [4.69, 9.17) is 0 Å². The van der Waals surface area contributed by atoms with Crippen molar-refractivity contribution in [2.45, 2.75) is 45.4 Å². The number of benzene rings is 1. The molecule has 0 aliphatic carbocycles. The summed E-state index contributed by atoms with van der Waals surface area (Å²) >= 11 is 0. The first-order chi connectivity index (χ1) is 10.4. The van der Waals surface area contributed by atoms with Crippen LogP contribution in [0, 0.1) is 5.92 Å². The Morgan fingerprint density at radius 2 is 2.18 bits per heavy atom. The fourth-order valence-corrected chi connectivity index (χ4v) is 2.50. The summed E-state index contributed by atoms with van der Waals surface area (Å²) in [6, 6.07) is 5.88. The van der Waals surface area contributed by atoms with Crippen molar-refractivity contribution in [2.75, 3.05) is 5.32 Å². The number of amides is 1. The van der Waals surface area contributed by atoms with E-state index in [0.717, 1.165) is 6.42 Å². The van der Waals surface area contributed by atoms with Crippen LogP contribution in [0.2, 0.25) is 0 Å². The molecule has 2 rings (SSSR count). The van der Waals surface area contributed by atoms with E-state index < -0.39 is 6.61 Å². The minimum Gasteiger partial charge on any atom is -0.435 e. The first-order valence-electron chi connectivity index (χ1n) is 7.31. The number of carbonyl (C=O) groups excluding carboxylic acids is 1. The molecule has 1 saturated heterocycles. The molecular weight excluding hydrogens is 292 g/mol. The number of ether oxygens (including phenoxy) is 1. The molecule has 22 heavy (non-hydrogen) atoms. The minimum absolute atomic E-state index is 0.0167. The highest BCUT2D eigenvalue weighted by Gasteiger charge is 2.29. The molecule has 1 aromatic rings. The van der Waals surface area contributed by atoms with Crippen LogP contribution in [0.1, 0.15) is 26.7 Å². The van der Waals surface area contributed by atoms with Crippen LogP contribution in [0.3, 0.4) is 0 Å². The molecule has 1 heterocycles. The second-order valence-electron chi connectivity index (χ2n) is 5.80. The Morgan fingerprint density at radius 3 is 2.86 bits per heavy atom. The van der Waals surface area contributed by atoms with E-state index in [1.165, 1.54) is 12.1 Å². The molecule has 1 aliphatic heterocycles. The predicted molar refractivity (Wildman–Crippen MR) is 79.6 cm³/mol. The normalized spacial score (nSPS) is 21.4. The molecule has 0 spiro atoms. The van der Waals surface area contributed by atoms with Crippen LogP contribution in [0.5, 0.6) is 5.75 Å². The predicted octanol–water partition coefficient (Wildman–Crippen LogP) is 2.51. The number of halogens is 2. The van der Waals surface area contributed by atoms with Gasteiger partial charge in [-0.3, -0.25) is 10.2 Å². The van der Waals surface area contributed by atoms with Crippen LogP contribution >= 0.6 is 0 Å². The first kappa shape index (κ1) is 16.6. The smallest absolute Gasteiger partial charge is 0.387 e. The zero-order valence-corrected chi connectivity index (χ0v) is 12.6. The SMILES string of the molecule is CC(C)CC1CC(C(=O)Nc2cccc(OC(F)F)c2)NN1. The molecule has 0 aromatic heterocycles. The molecule has 2 unspecified atom stereocenters. The topological polar surface area (TPSA) is 62.4 Å². The third kappa shape index (κ3) is 4.92. The maximum absolute atomic E-state index is 12.2. The summed E-state index contributed by atoms with van der Waals surface area (Å²) < 4.78 is 28.7. The van der Waals surface area contributed by atoms with Gasteiger partial charge in [0.2, 0.25) is 5.91 Å². The molecule has 7 heteroatoms. The van der Waals surface area contributed by atoms with Crippen LogP contribution in [-0.4, -0.2) is 24.6 Å². The van der Waals surface area contributed by atoms with E-state index in [1.54, 1.807) is 12.1 Å². The van der Waals surface area contributed by atoms with Gasteiger partial charge < -0.3 is 10.1 Å². The van der Waals surface area contributed by atoms with Gasteiger partial charge in [0.1, 0.15) is 11.8 Å². The number of carbonyl (C=O) groups is 1. The molecule has 0 radical (unpaired) electrons. The molecule has 1 fully saturated rings. The number of alkyl halides is 2. The van der Waals surface area contributed by atoms with Crippen molar-refractivity contribution in [3.05, 3.63) is 24.3 Å². The summed E-state index contributed by atoms with van der Waals surface area (Å²) in [5.41, 5.74) is 6.50. The molecule has 122 valence electrons. The lowest BCUT2D eigenvalue weighted by molar-refractivity contribution is -0.117. The Morgan fingerprint density at radius 1 is 1.41 bits per heavy atom. The number of hydrogen-bond donors (Lipinski definition) is 3. The Bertz CT molecular complexity index is 511. The Labute approximate surface area is 128 Å². The van der Waals surface area contributed by atoms with Gasteiger partial charge in [-0.15, -0.1) is 0 Å². The minimum atomic E-state index is -2.89. The summed E-state index contributed by atoms with van der Waals surface area (Å²) in [5, 5.41) is 2.71. The van der Waals surface area contributed by atoms with Crippen LogP contribution in [0.4, 0.5) is 14.5 Å². The van der Waals surface area contributed by atoms with Gasteiger partial charge in [-0.2, -0.15) is 8.78 Å². The fourth-order valence-electron chi connectivity index (χ4n) is 2.50. The van der Waals surface area contributed by atoms with Gasteiger partial charge in [-0.1, -0.05) is 19.9 Å². The van der Waals surface area contributed by atoms with Crippen LogP contribution < -0.4 is 20.9 Å². The van der Waals surface area contributed by atoms with E-state index in [0.29, 0.717) is 18.0 Å². The lowest BCUT2D eigenvalue weighted by atomic mass is 10.00. The van der Waals surface area contributed by atoms with E-state index in [2.05, 4.69) is 34.8 Å². The lowest BCUT2D eigenvalue weighted by Crippen LogP contribution is -2.40. The van der Waals surface area contributed by atoms with Crippen molar-refractivity contribution in [3.8, 4) is 5.75 Å². The van der Waals surface area contributed by atoms with Gasteiger partial charge in [-0.05, 0) is 30.9 Å². The molecule has 1 amide bonds. The number of hydrazine groups is 1. The van der Waals surface area contributed by atoms with Gasteiger partial charge in [-0.25, -0.2) is 5.43 Å². The van der Waals surface area contributed by atoms with Crippen molar-refractivity contribution in [1.82, 2.24) is 10.9 Å². The average molecular weight is 313 g/mol. The summed E-state index contributed by atoms with van der Waals surface area (Å²) in [7, 11) is 0. The Kier molecular flexibility index (Phi) is 5.68. The quantitative estimate of drug-likeness (QED) is 0.755. The zero-order valence-electron chi connectivity index (χ0n) is 12.6. The molecule has 0 saturated carbocycles. The average Bonchev–Trinajstić information content (AvgIpc) is 2.86. The van der Waals surface area contributed by atoms with E-state index in [9.17, 15) is 13.6 Å². The van der Waals surface area contributed by atoms with Gasteiger partial charge in [0, 0.05) is 17.8 Å². The van der Waals surface area contributed by atoms with Gasteiger partial charge in [0.15, 0.2) is 0 Å². The van der Waals surface area contributed by atoms with Crippen LogP contribution in [0.15, 0.2) is 24.3 Å². The standard InChI is InChI=1S/C15H21F2N3O2/c1-9(2)6-11-8-13(20-19-11)14(21)18-10-4-3-5-12(7-10)22-15(16)17/h3-5,7,9,11,13,15,19-20H,6,8H2,1-2H3,(H,18,21). The molecular formula is C15H21F2N3O2. The van der Waals surface area contributed by atoms with E-state index in [-0.39, 0.29) is 23.7 Å². The highest BCUT2D eigenvalue weighted by molar-refractivity contribution is 5.95. The Balaban J connectivity index is 1.89. The first-order valence-corrected chi connectivity index (χ1v) is 7.31. The summed E-state index contributed by atoms with van der Waals surface area (Å²) in [6.07, 6.45) is 1.67. The molecule has 1 aromatic carbocycles. The van der Waals surface area contributed by atoms with Crippen molar-refractivity contribution >= 4 is 11.6 Å². The molecule has 2 atom stereocenters. The lowest BCUT2D eigenvalue weighted by Gasteiger charge is -2.12. The maximum atomic E-state index is 12.2. The van der Waals surface area contributed by atoms with Gasteiger partial charge >= 0.3 is 6.61 Å². The summed E-state index contributed by atoms with van der Waals surface area (Å²) in [6.45, 7) is 1.37. The number of hydrogen-bond acceptors (Lipinski definition) is 4. The van der Waals surface area contributed by atoms with Crippen molar-refractivity contribution in [1.29, 1.82) is 0 Å². The fraction of sp³-hybridized carbons (Fsp3) is 0.533. The zero-order chi connectivity index (χ0) is 16.1. The van der Waals surface area contributed by atoms with Crippen molar-refractivity contribution < 1.29 is 18.3 Å². The molecule has 0 bridgehead atoms. The summed E-state index contributed by atoms with van der Waals surface area (Å²) in [5.74, 6) is 0.361. The second-order valence-corrected chi connectivity index (χ2v) is 5.80. The van der Waals surface area contributed by atoms with Crippen molar-refractivity contribution in [2.24, 2.45) is 5.92 Å². The van der Waals surface area contributed by atoms with Crippen molar-refractivity contribution in [3.63, 3.8) is 0 Å². The highest BCUT2D eigenvalue weighted by atomic mass is 19.3. The molecule has 1 aliphatic rings. The van der Waals surface area contributed by atoms with Gasteiger partial charge in [0.05, 0.1) is 0 Å². The maximum Gasteiger partial charge on any atom is 0.387 e. The third-order valence-corrected chi connectivity index (χ3v) is 3.38. The number of nitrogens with one attached hydrogen (secondary N) is 3. The molecule has 5 nitrogen and oxygen atoms in total. The number of anilines is 1. The van der Waals surface area contributed by atoms with E-state index >= 15 is 0 Å². The number of rotatable bonds is 6. The Hall–Kier alpha value is -1.73. The largest absolute Gasteiger partial charge is 0.435 e. The van der Waals surface area contributed by atoms with Gasteiger partial charge in [0.25, 0.3) is 0 Å². The monoisotopic (exact) mass is 313 g/mol. The highest BCUT2D eigenvalue weighted by Crippen LogP contribution is 2.20. The van der Waals surface area contributed by atoms with Crippen LogP contribution in [-0.2, 0) is 4.79 Å². The van der Waals surface area contributed by atoms with E-state index in [1.807, 2.05) is 0 Å². The third-order valence-electron chi connectivity index (χ3n) is 3.38. The summed E-state index contributed by atoms with van der Waals surface area (Å²) in [4.78, 5) is 12.2. The molecule has 3 N–H and O–H groups in total.